The summed E-state index contributed by atoms with van der Waals surface area (Å²) in [6.07, 6.45) is 0.758. The molecule has 5 heteroatoms. The Morgan fingerprint density at radius 3 is 2.94 bits per heavy atom. The molecule has 0 bridgehead atoms. The van der Waals surface area contributed by atoms with Crippen molar-refractivity contribution in [2.45, 2.75) is 19.9 Å². The van der Waals surface area contributed by atoms with E-state index in [0.717, 1.165) is 30.8 Å². The third kappa shape index (κ3) is 3.00. The molecule has 1 saturated heterocycles. The lowest BCUT2D eigenvalue weighted by Crippen LogP contribution is -2.39. The first kappa shape index (κ1) is 13.3. The van der Waals surface area contributed by atoms with Gasteiger partial charge in [0.1, 0.15) is 5.82 Å². The van der Waals surface area contributed by atoms with Crippen molar-refractivity contribution in [2.24, 2.45) is 11.1 Å². The van der Waals surface area contributed by atoms with Crippen LogP contribution in [-0.4, -0.2) is 28.9 Å². The maximum Gasteiger partial charge on any atom is 0.142 e. The Balaban J connectivity index is 2.00. The molecule has 18 heavy (non-hydrogen) atoms. The lowest BCUT2D eigenvalue weighted by Gasteiger charge is -2.31. The van der Waals surface area contributed by atoms with Crippen LogP contribution in [0.3, 0.4) is 0 Å². The Morgan fingerprint density at radius 2 is 2.33 bits per heavy atom. The van der Waals surface area contributed by atoms with Crippen LogP contribution in [0.1, 0.15) is 18.9 Å². The van der Waals surface area contributed by atoms with Gasteiger partial charge in [-0.05, 0) is 17.7 Å². The van der Waals surface area contributed by atoms with Gasteiger partial charge in [0.25, 0.3) is 0 Å². The quantitative estimate of drug-likeness (QED) is 0.662. The molecule has 0 spiro atoms. The smallest absolute Gasteiger partial charge is 0.142 e. The molecule has 0 aromatic heterocycles. The first-order valence-electron chi connectivity index (χ1n) is 5.97. The van der Waals surface area contributed by atoms with Crippen molar-refractivity contribution in [2.75, 3.05) is 13.1 Å². The summed E-state index contributed by atoms with van der Waals surface area (Å²) in [5.74, 6) is -0.141. The highest BCUT2D eigenvalue weighted by molar-refractivity contribution is 6.30. The molecule has 3 nitrogen and oxygen atoms in total. The summed E-state index contributed by atoms with van der Waals surface area (Å²) in [6.45, 7) is 4.37. The van der Waals surface area contributed by atoms with Crippen molar-refractivity contribution < 1.29 is 9.60 Å². The van der Waals surface area contributed by atoms with Crippen LogP contribution < -0.4 is 0 Å². The summed E-state index contributed by atoms with van der Waals surface area (Å²) in [7, 11) is 0. The minimum Gasteiger partial charge on any atom is -0.411 e. The monoisotopic (exact) mass is 270 g/mol. The molecule has 98 valence electrons. The fourth-order valence-corrected chi connectivity index (χ4v) is 2.41. The Bertz CT molecular complexity index is 464. The molecule has 0 aliphatic carbocycles. The minimum atomic E-state index is -0.378. The highest BCUT2D eigenvalue weighted by atomic mass is 35.5. The van der Waals surface area contributed by atoms with E-state index < -0.39 is 0 Å². The lowest BCUT2D eigenvalue weighted by atomic mass is 9.97. The van der Waals surface area contributed by atoms with Crippen molar-refractivity contribution in [3.05, 3.63) is 34.6 Å². The molecule has 1 heterocycles. The normalized spacial score (nSPS) is 23.5. The van der Waals surface area contributed by atoms with E-state index in [9.17, 15) is 4.39 Å². The molecular weight excluding hydrogens is 255 g/mol. The maximum atomic E-state index is 13.3. The van der Waals surface area contributed by atoms with Crippen LogP contribution in [0, 0.1) is 11.7 Å². The zero-order valence-corrected chi connectivity index (χ0v) is 11.0. The first-order chi connectivity index (χ1) is 8.60. The van der Waals surface area contributed by atoms with E-state index >= 15 is 0 Å². The molecule has 0 amide bonds. The van der Waals surface area contributed by atoms with E-state index in [0.29, 0.717) is 6.54 Å². The van der Waals surface area contributed by atoms with Gasteiger partial charge >= 0.3 is 0 Å². The topological polar surface area (TPSA) is 35.8 Å². The van der Waals surface area contributed by atoms with E-state index in [1.807, 2.05) is 13.0 Å². The zero-order valence-electron chi connectivity index (χ0n) is 10.2. The fraction of sp³-hybridized carbons (Fsp3) is 0.462. The van der Waals surface area contributed by atoms with Crippen molar-refractivity contribution >= 4 is 17.3 Å². The van der Waals surface area contributed by atoms with Crippen molar-refractivity contribution in [1.82, 2.24) is 4.90 Å². The molecular formula is C13H16ClFN2O. The molecule has 1 aromatic carbocycles. The third-order valence-corrected chi connectivity index (χ3v) is 3.61. The zero-order chi connectivity index (χ0) is 13.1. The Labute approximate surface area is 111 Å². The van der Waals surface area contributed by atoms with Crippen LogP contribution in [0.25, 0.3) is 0 Å². The highest BCUT2D eigenvalue weighted by Gasteiger charge is 2.22. The number of nitrogens with zero attached hydrogens (tertiary/aromatic N) is 2. The van der Waals surface area contributed by atoms with Gasteiger partial charge in [0.05, 0.1) is 10.7 Å². The summed E-state index contributed by atoms with van der Waals surface area (Å²) < 4.78 is 13.3. The molecule has 0 saturated carbocycles. The van der Waals surface area contributed by atoms with Gasteiger partial charge in [-0.15, -0.1) is 0 Å². The second kappa shape index (κ2) is 5.67. The summed E-state index contributed by atoms with van der Waals surface area (Å²) in [4.78, 5) is 2.22. The summed E-state index contributed by atoms with van der Waals surface area (Å²) >= 11 is 5.65. The van der Waals surface area contributed by atoms with Crippen LogP contribution in [0.5, 0.6) is 0 Å². The van der Waals surface area contributed by atoms with Gasteiger partial charge < -0.3 is 5.21 Å². The second-order valence-electron chi connectivity index (χ2n) is 4.73. The first-order valence-corrected chi connectivity index (χ1v) is 6.35. The Hall–Kier alpha value is -1.13. The van der Waals surface area contributed by atoms with E-state index in [4.69, 9.17) is 16.8 Å². The number of likely N-dealkylation sites (tertiary alicyclic amines) is 1. The van der Waals surface area contributed by atoms with E-state index in [1.165, 1.54) is 6.07 Å². The van der Waals surface area contributed by atoms with Crippen molar-refractivity contribution in [3.63, 3.8) is 0 Å². The van der Waals surface area contributed by atoms with Gasteiger partial charge in [-0.3, -0.25) is 4.90 Å². The van der Waals surface area contributed by atoms with Crippen molar-refractivity contribution in [1.29, 1.82) is 0 Å². The van der Waals surface area contributed by atoms with Gasteiger partial charge in [-0.25, -0.2) is 4.39 Å². The molecule has 1 aliphatic heterocycles. The second-order valence-corrected chi connectivity index (χ2v) is 5.13. The SMILES string of the molecule is CC1CN(Cc2ccc(Cl)c(F)c2)CC/C1=N\O. The molecule has 1 fully saturated rings. The average Bonchev–Trinajstić information content (AvgIpc) is 2.34. The number of piperidine rings is 1. The molecule has 1 N–H and O–H groups in total. The summed E-state index contributed by atoms with van der Waals surface area (Å²) in [5.41, 5.74) is 1.75. The van der Waals surface area contributed by atoms with Gasteiger partial charge in [0.2, 0.25) is 0 Å². The fourth-order valence-electron chi connectivity index (χ4n) is 2.29. The highest BCUT2D eigenvalue weighted by Crippen LogP contribution is 2.19. The number of halogens is 2. The molecule has 1 aliphatic rings. The number of hydrogen-bond donors (Lipinski definition) is 1. The molecule has 1 atom stereocenters. The lowest BCUT2D eigenvalue weighted by molar-refractivity contribution is 0.228. The minimum absolute atomic E-state index is 0.153. The maximum absolute atomic E-state index is 13.3. The largest absolute Gasteiger partial charge is 0.411 e. The van der Waals surface area contributed by atoms with Crippen LogP contribution >= 0.6 is 11.6 Å². The van der Waals surface area contributed by atoms with Crippen LogP contribution in [0.15, 0.2) is 23.4 Å². The van der Waals surface area contributed by atoms with Gasteiger partial charge in [0, 0.05) is 32.0 Å². The predicted octanol–water partition coefficient (Wildman–Crippen LogP) is 3.15. The van der Waals surface area contributed by atoms with Gasteiger partial charge in [-0.1, -0.05) is 29.7 Å². The predicted molar refractivity (Wildman–Crippen MR) is 69.7 cm³/mol. The summed E-state index contributed by atoms with van der Waals surface area (Å²) in [6, 6.07) is 4.90. The van der Waals surface area contributed by atoms with Gasteiger partial charge in [0.15, 0.2) is 0 Å². The molecule has 0 radical (unpaired) electrons. The van der Waals surface area contributed by atoms with Crippen molar-refractivity contribution in [3.8, 4) is 0 Å². The standard InChI is InChI=1S/C13H16ClFN2O/c1-9-7-17(5-4-13(9)16-18)8-10-2-3-11(14)12(15)6-10/h2-3,6,9,18H,4-5,7-8H2,1H3/b16-13+. The van der Waals surface area contributed by atoms with E-state index in [1.54, 1.807) is 6.07 Å². The number of oxime groups is 1. The molecule has 2 rings (SSSR count). The van der Waals surface area contributed by atoms with Crippen LogP contribution in [-0.2, 0) is 6.54 Å². The van der Waals surface area contributed by atoms with Crippen LogP contribution in [0.4, 0.5) is 4.39 Å². The molecule has 1 aromatic rings. The summed E-state index contributed by atoms with van der Waals surface area (Å²) in [5, 5.41) is 12.3. The number of benzene rings is 1. The number of hydrogen-bond acceptors (Lipinski definition) is 3. The van der Waals surface area contributed by atoms with E-state index in [2.05, 4.69) is 10.1 Å². The molecule has 1 unspecified atom stereocenters. The number of rotatable bonds is 2. The Kier molecular flexibility index (Phi) is 4.19. The van der Waals surface area contributed by atoms with E-state index in [-0.39, 0.29) is 16.8 Å². The van der Waals surface area contributed by atoms with Gasteiger partial charge in [-0.2, -0.15) is 0 Å². The Morgan fingerprint density at radius 1 is 1.56 bits per heavy atom. The van der Waals surface area contributed by atoms with Crippen LogP contribution in [0.2, 0.25) is 5.02 Å². The average molecular weight is 271 g/mol. The third-order valence-electron chi connectivity index (χ3n) is 3.30.